The molecule has 0 saturated carbocycles. The number of ether oxygens (including phenoxy) is 2. The number of phenolic OH excluding ortho intramolecular Hbond substituents is 1. The Hall–Kier alpha value is -4.01. The van der Waals surface area contributed by atoms with Gasteiger partial charge in [-0.2, -0.15) is 13.2 Å². The molecule has 0 amide bonds. The third-order valence-electron chi connectivity index (χ3n) is 5.73. The number of aliphatic carboxylic acids is 1. The van der Waals surface area contributed by atoms with E-state index in [1.165, 1.54) is 12.1 Å². The van der Waals surface area contributed by atoms with Gasteiger partial charge in [0.15, 0.2) is 0 Å². The molecule has 3 rings (SSSR count). The van der Waals surface area contributed by atoms with Gasteiger partial charge in [0, 0.05) is 18.7 Å². The van der Waals surface area contributed by atoms with Crippen molar-refractivity contribution in [3.05, 3.63) is 83.4 Å². The number of carboxylic acids is 1. The molecule has 0 spiro atoms. The smallest absolute Gasteiger partial charge is 0.490 e. The minimum absolute atomic E-state index is 0.0792. The lowest BCUT2D eigenvalue weighted by molar-refractivity contribution is -0.192. The molecular weight excluding hydrogens is 581 g/mol. The van der Waals surface area contributed by atoms with Gasteiger partial charge in [0.1, 0.15) is 17.2 Å². The van der Waals surface area contributed by atoms with Crippen LogP contribution >= 0.6 is 0 Å². The summed E-state index contributed by atoms with van der Waals surface area (Å²) >= 11 is 0. The van der Waals surface area contributed by atoms with E-state index in [4.69, 9.17) is 19.4 Å². The standard InChI is InChI=1S/C26H32N2O6S.C2HF3O2/c1-33-22-14-20(15-23(16-22)34-2)24(12-18-7-5-4-6-8-18)27-17-21(29)11-19-9-10-26(30)25(13-19)28-35(3,31)32;3-2(4,5)1(6)7/h4-10,13-16,21,24,27-30H,11-12,17H2,1-3H3;(H,6,7)/t21-,24?;/m0./s1. The number of aromatic hydroxyl groups is 1. The zero-order valence-corrected chi connectivity index (χ0v) is 23.9. The van der Waals surface area contributed by atoms with Crippen molar-refractivity contribution in [1.29, 1.82) is 0 Å². The molecule has 5 N–H and O–H groups in total. The summed E-state index contributed by atoms with van der Waals surface area (Å²) in [5.41, 5.74) is 2.86. The van der Waals surface area contributed by atoms with Gasteiger partial charge < -0.3 is 30.1 Å². The normalized spacial score (nSPS) is 12.8. The van der Waals surface area contributed by atoms with E-state index >= 15 is 0 Å². The number of rotatable bonds is 12. The first-order chi connectivity index (χ1) is 19.6. The number of methoxy groups -OCH3 is 2. The highest BCUT2D eigenvalue weighted by Gasteiger charge is 2.38. The van der Waals surface area contributed by atoms with E-state index in [0.29, 0.717) is 23.5 Å². The minimum atomic E-state index is -5.08. The molecule has 0 aliphatic rings. The molecule has 0 heterocycles. The quantitative estimate of drug-likeness (QED) is 0.191. The maximum Gasteiger partial charge on any atom is 0.490 e. The van der Waals surface area contributed by atoms with Crippen molar-refractivity contribution in [1.82, 2.24) is 5.32 Å². The van der Waals surface area contributed by atoms with Crippen LogP contribution in [0.5, 0.6) is 17.2 Å². The van der Waals surface area contributed by atoms with Gasteiger partial charge in [0.25, 0.3) is 0 Å². The molecule has 2 atom stereocenters. The van der Waals surface area contributed by atoms with Gasteiger partial charge in [-0.25, -0.2) is 13.2 Å². The number of sulfonamides is 1. The molecule has 0 aromatic heterocycles. The first kappa shape index (κ1) is 34.2. The van der Waals surface area contributed by atoms with Crippen molar-refractivity contribution in [3.8, 4) is 17.2 Å². The predicted octanol–water partition coefficient (Wildman–Crippen LogP) is 3.89. The molecule has 42 heavy (non-hydrogen) atoms. The van der Waals surface area contributed by atoms with Crippen molar-refractivity contribution in [2.45, 2.75) is 31.2 Å². The van der Waals surface area contributed by atoms with Crippen molar-refractivity contribution in [2.24, 2.45) is 0 Å². The van der Waals surface area contributed by atoms with Crippen LogP contribution in [-0.2, 0) is 27.7 Å². The fourth-order valence-corrected chi connectivity index (χ4v) is 4.37. The lowest BCUT2D eigenvalue weighted by Gasteiger charge is -2.23. The topological polar surface area (TPSA) is 154 Å². The number of benzene rings is 3. The monoisotopic (exact) mass is 614 g/mol. The Morgan fingerprint density at radius 1 is 0.929 bits per heavy atom. The van der Waals surface area contributed by atoms with E-state index in [-0.39, 0.29) is 30.4 Å². The molecule has 1 unspecified atom stereocenters. The van der Waals surface area contributed by atoms with E-state index in [0.717, 1.165) is 17.4 Å². The maximum absolute atomic E-state index is 11.5. The van der Waals surface area contributed by atoms with Gasteiger partial charge in [0.2, 0.25) is 10.0 Å². The van der Waals surface area contributed by atoms with Crippen molar-refractivity contribution in [3.63, 3.8) is 0 Å². The first-order valence-corrected chi connectivity index (χ1v) is 14.3. The highest BCUT2D eigenvalue weighted by Crippen LogP contribution is 2.29. The Morgan fingerprint density at radius 3 is 2.00 bits per heavy atom. The summed E-state index contributed by atoms with van der Waals surface area (Å²) in [5, 5.41) is 31.3. The fraction of sp³-hybridized carbons (Fsp3) is 0.321. The average molecular weight is 615 g/mol. The van der Waals surface area contributed by atoms with Crippen LogP contribution in [0.2, 0.25) is 0 Å². The van der Waals surface area contributed by atoms with E-state index in [9.17, 15) is 31.8 Å². The largest absolute Gasteiger partial charge is 0.506 e. The summed E-state index contributed by atoms with van der Waals surface area (Å²) in [6.45, 7) is 0.284. The summed E-state index contributed by atoms with van der Waals surface area (Å²) in [4.78, 5) is 8.90. The van der Waals surface area contributed by atoms with Crippen LogP contribution in [-0.4, -0.2) is 69.0 Å². The molecule has 0 fully saturated rings. The SMILES string of the molecule is COc1cc(OC)cc(C(Cc2ccccc2)NC[C@@H](O)Cc2ccc(O)c(NS(C)(=O)=O)c2)c1.O=C(O)C(F)(F)F. The van der Waals surface area contributed by atoms with Crippen LogP contribution in [0.3, 0.4) is 0 Å². The van der Waals surface area contributed by atoms with Gasteiger partial charge in [-0.1, -0.05) is 36.4 Å². The molecule has 0 aliphatic heterocycles. The number of nitrogens with one attached hydrogen (secondary N) is 2. The van der Waals surface area contributed by atoms with Crippen LogP contribution in [0.25, 0.3) is 0 Å². The van der Waals surface area contributed by atoms with E-state index in [1.807, 2.05) is 36.4 Å². The van der Waals surface area contributed by atoms with Crippen LogP contribution in [0.15, 0.2) is 66.7 Å². The lowest BCUT2D eigenvalue weighted by Crippen LogP contribution is -2.32. The second kappa shape index (κ2) is 15.3. The molecule has 0 aliphatic carbocycles. The number of anilines is 1. The lowest BCUT2D eigenvalue weighted by atomic mass is 9.97. The Balaban J connectivity index is 0.000000782. The number of hydrogen-bond acceptors (Lipinski definition) is 8. The summed E-state index contributed by atoms with van der Waals surface area (Å²) in [6.07, 6.45) is -3.87. The number of halogens is 3. The molecule has 3 aromatic carbocycles. The third-order valence-corrected chi connectivity index (χ3v) is 6.32. The number of alkyl halides is 3. The molecule has 10 nitrogen and oxygen atoms in total. The van der Waals surface area contributed by atoms with E-state index in [2.05, 4.69) is 22.2 Å². The fourth-order valence-electron chi connectivity index (χ4n) is 3.80. The Bertz CT molecular complexity index is 1400. The number of carbonyl (C=O) groups is 1. The Morgan fingerprint density at radius 2 is 1.50 bits per heavy atom. The summed E-state index contributed by atoms with van der Waals surface area (Å²) in [7, 11) is -0.336. The minimum Gasteiger partial charge on any atom is -0.506 e. The average Bonchev–Trinajstić information content (AvgIpc) is 2.92. The van der Waals surface area contributed by atoms with Gasteiger partial charge >= 0.3 is 12.1 Å². The first-order valence-electron chi connectivity index (χ1n) is 12.4. The highest BCUT2D eigenvalue weighted by molar-refractivity contribution is 7.92. The number of hydrogen-bond donors (Lipinski definition) is 5. The molecule has 0 saturated heterocycles. The van der Waals surface area contributed by atoms with Crippen LogP contribution in [0.4, 0.5) is 18.9 Å². The molecule has 0 bridgehead atoms. The zero-order valence-electron chi connectivity index (χ0n) is 23.1. The number of aliphatic hydroxyl groups is 1. The van der Waals surface area contributed by atoms with E-state index < -0.39 is 28.3 Å². The van der Waals surface area contributed by atoms with Crippen molar-refractivity contribution < 1.29 is 51.2 Å². The highest BCUT2D eigenvalue weighted by atomic mass is 32.2. The zero-order chi connectivity index (χ0) is 31.5. The predicted molar refractivity (Wildman–Crippen MR) is 150 cm³/mol. The van der Waals surface area contributed by atoms with Crippen LogP contribution in [0.1, 0.15) is 22.7 Å². The number of aliphatic hydroxyl groups excluding tert-OH is 1. The molecule has 14 heteroatoms. The van der Waals surface area contributed by atoms with E-state index in [1.54, 1.807) is 20.3 Å². The van der Waals surface area contributed by atoms with Crippen LogP contribution < -0.4 is 19.5 Å². The Labute approximate surface area is 241 Å². The van der Waals surface area contributed by atoms with Gasteiger partial charge in [-0.15, -0.1) is 0 Å². The van der Waals surface area contributed by atoms with Gasteiger partial charge in [-0.05, 0) is 53.8 Å². The summed E-state index contributed by atoms with van der Waals surface area (Å²) in [5.74, 6) is -1.58. The second-order valence-corrected chi connectivity index (χ2v) is 10.9. The molecule has 0 radical (unpaired) electrons. The third kappa shape index (κ3) is 11.8. The Kier molecular flexibility index (Phi) is 12.4. The van der Waals surface area contributed by atoms with Gasteiger partial charge in [0.05, 0.1) is 32.3 Å². The molecule has 3 aromatic rings. The molecular formula is C28H33F3N2O8S. The second-order valence-electron chi connectivity index (χ2n) is 9.18. The van der Waals surface area contributed by atoms with Crippen molar-refractivity contribution >= 4 is 21.7 Å². The van der Waals surface area contributed by atoms with Crippen molar-refractivity contribution in [2.75, 3.05) is 31.7 Å². The van der Waals surface area contributed by atoms with Gasteiger partial charge in [-0.3, -0.25) is 4.72 Å². The summed E-state index contributed by atoms with van der Waals surface area (Å²) < 4.78 is 68.0. The summed E-state index contributed by atoms with van der Waals surface area (Å²) in [6, 6.07) is 20.2. The maximum atomic E-state index is 11.5. The number of carboxylic acid groups (broad SMARTS) is 1. The van der Waals surface area contributed by atoms with Crippen LogP contribution in [0, 0.1) is 0 Å². The molecule has 230 valence electrons. The number of phenols is 1.